The highest BCUT2D eigenvalue weighted by atomic mass is 16.5. The molecule has 0 radical (unpaired) electrons. The molecule has 1 fully saturated rings. The lowest BCUT2D eigenvalue weighted by molar-refractivity contribution is -0.897. The van der Waals surface area contributed by atoms with E-state index in [0.717, 1.165) is 4.90 Å². The minimum Gasteiger partial charge on any atom is -0.467 e. The van der Waals surface area contributed by atoms with Gasteiger partial charge in [0.1, 0.15) is 5.76 Å². The van der Waals surface area contributed by atoms with Crippen LogP contribution < -0.4 is 15.5 Å². The molecule has 0 atom stereocenters. The topological polar surface area (TPSA) is 102 Å². The normalized spacial score (nSPS) is 20.2. The van der Waals surface area contributed by atoms with Crippen molar-refractivity contribution in [2.75, 3.05) is 26.2 Å². The second-order valence-electron chi connectivity index (χ2n) is 5.76. The number of quaternary nitrogens is 1. The molecule has 2 rings (SSSR count). The molecular formula is C16H24N3O5+. The summed E-state index contributed by atoms with van der Waals surface area (Å²) in [5.41, 5.74) is 0. The Kier molecular flexibility index (Phi) is 6.80. The number of amides is 3. The van der Waals surface area contributed by atoms with Crippen molar-refractivity contribution in [2.24, 2.45) is 5.92 Å². The van der Waals surface area contributed by atoms with E-state index in [1.165, 1.54) is 6.26 Å². The van der Waals surface area contributed by atoms with Crippen molar-refractivity contribution in [1.29, 1.82) is 0 Å². The molecule has 1 saturated heterocycles. The molecule has 0 aliphatic carbocycles. The molecule has 3 N–H and O–H groups in total. The minimum absolute atomic E-state index is 0.0756. The van der Waals surface area contributed by atoms with Gasteiger partial charge in [-0.25, -0.2) is 4.79 Å². The monoisotopic (exact) mass is 338 g/mol. The van der Waals surface area contributed by atoms with Crippen LogP contribution in [-0.4, -0.2) is 44.1 Å². The number of hydrogen-bond donors (Lipinski definition) is 3. The van der Waals surface area contributed by atoms with Gasteiger partial charge in [-0.05, 0) is 19.1 Å². The van der Waals surface area contributed by atoms with Crippen molar-refractivity contribution in [2.45, 2.75) is 26.3 Å². The van der Waals surface area contributed by atoms with Crippen LogP contribution in [0.25, 0.3) is 0 Å². The predicted molar refractivity (Wildman–Crippen MR) is 84.0 cm³/mol. The van der Waals surface area contributed by atoms with Crippen LogP contribution in [0, 0.1) is 5.92 Å². The molecule has 24 heavy (non-hydrogen) atoms. The molecule has 1 aromatic heterocycles. The fourth-order valence-electron chi connectivity index (χ4n) is 2.72. The first-order valence-electron chi connectivity index (χ1n) is 8.18. The fourth-order valence-corrected chi connectivity index (χ4v) is 2.72. The molecule has 2 heterocycles. The number of furan rings is 1. The number of ether oxygens (including phenoxy) is 1. The number of hydrogen-bond acceptors (Lipinski definition) is 5. The lowest BCUT2D eigenvalue weighted by atomic mass is 9.97. The van der Waals surface area contributed by atoms with Crippen LogP contribution in [-0.2, 0) is 20.9 Å². The predicted octanol–water partition coefficient (Wildman–Crippen LogP) is -0.537. The summed E-state index contributed by atoms with van der Waals surface area (Å²) in [7, 11) is 0. The van der Waals surface area contributed by atoms with E-state index in [0.29, 0.717) is 38.3 Å². The second-order valence-corrected chi connectivity index (χ2v) is 5.76. The summed E-state index contributed by atoms with van der Waals surface area (Å²) in [5.74, 6) is 0.0486. The van der Waals surface area contributed by atoms with Gasteiger partial charge in [-0.1, -0.05) is 0 Å². The van der Waals surface area contributed by atoms with Crippen LogP contribution in [0.2, 0.25) is 0 Å². The molecule has 0 bridgehead atoms. The summed E-state index contributed by atoms with van der Waals surface area (Å²) in [6.07, 6.45) is 2.92. The first kappa shape index (κ1) is 18.0. The van der Waals surface area contributed by atoms with Gasteiger partial charge >= 0.3 is 12.0 Å². The lowest BCUT2D eigenvalue weighted by Gasteiger charge is -2.27. The molecule has 1 aliphatic rings. The Hall–Kier alpha value is -2.35. The number of carbonyl (C=O) groups is 3. The smallest absolute Gasteiger partial charge is 0.321 e. The van der Waals surface area contributed by atoms with Gasteiger partial charge in [0.05, 0.1) is 38.4 Å². The molecule has 8 nitrogen and oxygen atoms in total. The SMILES string of the molecule is CCOC(=O)C1CC[NH+](CC(=O)NC(=O)NCc2ccco2)CC1. The van der Waals surface area contributed by atoms with Gasteiger partial charge in [-0.3, -0.25) is 14.9 Å². The van der Waals surface area contributed by atoms with Crippen LogP contribution in [0.1, 0.15) is 25.5 Å². The molecular weight excluding hydrogens is 314 g/mol. The highest BCUT2D eigenvalue weighted by molar-refractivity contribution is 5.94. The molecule has 0 spiro atoms. The quantitative estimate of drug-likeness (QED) is 0.605. The first-order valence-corrected chi connectivity index (χ1v) is 8.18. The molecule has 1 aliphatic heterocycles. The third-order valence-electron chi connectivity index (χ3n) is 3.98. The van der Waals surface area contributed by atoms with Crippen LogP contribution in [0.15, 0.2) is 22.8 Å². The number of urea groups is 1. The van der Waals surface area contributed by atoms with Gasteiger partial charge in [0.2, 0.25) is 0 Å². The zero-order chi connectivity index (χ0) is 17.4. The van der Waals surface area contributed by atoms with E-state index in [9.17, 15) is 14.4 Å². The van der Waals surface area contributed by atoms with E-state index in [4.69, 9.17) is 9.15 Å². The van der Waals surface area contributed by atoms with Crippen molar-refractivity contribution >= 4 is 17.9 Å². The Bertz CT molecular complexity index is 550. The number of carbonyl (C=O) groups excluding carboxylic acids is 3. The Morgan fingerprint density at radius 2 is 2.08 bits per heavy atom. The summed E-state index contributed by atoms with van der Waals surface area (Å²) < 4.78 is 10.1. The van der Waals surface area contributed by atoms with Crippen molar-refractivity contribution in [3.8, 4) is 0 Å². The number of likely N-dealkylation sites (tertiary alicyclic amines) is 1. The number of piperidine rings is 1. The third kappa shape index (κ3) is 5.69. The number of nitrogens with one attached hydrogen (secondary N) is 3. The van der Waals surface area contributed by atoms with E-state index in [-0.39, 0.29) is 30.9 Å². The Labute approximate surface area is 140 Å². The van der Waals surface area contributed by atoms with Crippen molar-refractivity contribution in [1.82, 2.24) is 10.6 Å². The van der Waals surface area contributed by atoms with Gasteiger partial charge in [0, 0.05) is 12.8 Å². The van der Waals surface area contributed by atoms with Gasteiger partial charge in [0.15, 0.2) is 6.54 Å². The van der Waals surface area contributed by atoms with Crippen molar-refractivity contribution < 1.29 is 28.4 Å². The number of esters is 1. The maximum absolute atomic E-state index is 11.9. The van der Waals surface area contributed by atoms with Gasteiger partial charge in [0.25, 0.3) is 5.91 Å². The highest BCUT2D eigenvalue weighted by Crippen LogP contribution is 2.11. The second kappa shape index (κ2) is 9.07. The highest BCUT2D eigenvalue weighted by Gasteiger charge is 2.29. The Morgan fingerprint density at radius 1 is 1.33 bits per heavy atom. The standard InChI is InChI=1S/C16H23N3O5/c1-2-23-15(21)12-5-7-19(8-6-12)11-14(20)18-16(22)17-10-13-4-3-9-24-13/h3-4,9,12H,2,5-8,10-11H2,1H3,(H2,17,18,20,22)/p+1. The molecule has 3 amide bonds. The summed E-state index contributed by atoms with van der Waals surface area (Å²) >= 11 is 0. The summed E-state index contributed by atoms with van der Waals surface area (Å²) in [6.45, 7) is 4.05. The van der Waals surface area contributed by atoms with Gasteiger partial charge in [-0.15, -0.1) is 0 Å². The number of imide groups is 1. The van der Waals surface area contributed by atoms with E-state index in [1.54, 1.807) is 19.1 Å². The zero-order valence-electron chi connectivity index (χ0n) is 13.8. The van der Waals surface area contributed by atoms with Crippen LogP contribution in [0.5, 0.6) is 0 Å². The summed E-state index contributed by atoms with van der Waals surface area (Å²) in [5, 5.41) is 4.85. The maximum atomic E-state index is 11.9. The summed E-state index contributed by atoms with van der Waals surface area (Å²) in [6, 6.07) is 2.92. The fraction of sp³-hybridized carbons (Fsp3) is 0.562. The number of rotatable bonds is 6. The Balaban J connectivity index is 1.64. The van der Waals surface area contributed by atoms with E-state index in [2.05, 4.69) is 10.6 Å². The van der Waals surface area contributed by atoms with E-state index >= 15 is 0 Å². The maximum Gasteiger partial charge on any atom is 0.321 e. The zero-order valence-corrected chi connectivity index (χ0v) is 13.8. The van der Waals surface area contributed by atoms with Crippen LogP contribution in [0.4, 0.5) is 4.79 Å². The van der Waals surface area contributed by atoms with Gasteiger partial charge < -0.3 is 19.4 Å². The van der Waals surface area contributed by atoms with Crippen LogP contribution in [0.3, 0.4) is 0 Å². The largest absolute Gasteiger partial charge is 0.467 e. The average molecular weight is 338 g/mol. The van der Waals surface area contributed by atoms with Crippen LogP contribution >= 0.6 is 0 Å². The average Bonchev–Trinajstić information content (AvgIpc) is 3.07. The molecule has 0 aromatic carbocycles. The van der Waals surface area contributed by atoms with E-state index < -0.39 is 6.03 Å². The third-order valence-corrected chi connectivity index (χ3v) is 3.98. The van der Waals surface area contributed by atoms with Gasteiger partial charge in [-0.2, -0.15) is 0 Å². The van der Waals surface area contributed by atoms with Crippen molar-refractivity contribution in [3.63, 3.8) is 0 Å². The first-order chi connectivity index (χ1) is 11.6. The minimum atomic E-state index is -0.544. The van der Waals surface area contributed by atoms with E-state index in [1.807, 2.05) is 0 Å². The summed E-state index contributed by atoms with van der Waals surface area (Å²) in [4.78, 5) is 36.3. The molecule has 8 heteroatoms. The molecule has 0 saturated carbocycles. The van der Waals surface area contributed by atoms with Crippen molar-refractivity contribution in [3.05, 3.63) is 24.2 Å². The molecule has 1 aromatic rings. The Morgan fingerprint density at radius 3 is 2.71 bits per heavy atom. The molecule has 132 valence electrons. The molecule has 0 unspecified atom stereocenters. The lowest BCUT2D eigenvalue weighted by Crippen LogP contribution is -3.14.